The molecule has 4 heterocycles. The second-order valence-corrected chi connectivity index (χ2v) is 7.99. The van der Waals surface area contributed by atoms with E-state index >= 15 is 0 Å². The molecule has 4 rings (SSSR count). The Morgan fingerprint density at radius 1 is 1.32 bits per heavy atom. The fourth-order valence-corrected chi connectivity index (χ4v) is 4.68. The van der Waals surface area contributed by atoms with Crippen molar-refractivity contribution in [3.63, 3.8) is 0 Å². The fourth-order valence-electron chi connectivity index (χ4n) is 3.60. The molecule has 134 valence electrons. The zero-order valence-electron chi connectivity index (χ0n) is 14.6. The summed E-state index contributed by atoms with van der Waals surface area (Å²) in [6, 6.07) is 4.57. The van der Waals surface area contributed by atoms with Gasteiger partial charge in [-0.15, -0.1) is 11.3 Å². The lowest BCUT2D eigenvalue weighted by atomic mass is 10.2. The summed E-state index contributed by atoms with van der Waals surface area (Å²) in [6.45, 7) is 5.32. The van der Waals surface area contributed by atoms with Crippen LogP contribution in [0.15, 0.2) is 24.5 Å². The Balaban J connectivity index is 1.32. The summed E-state index contributed by atoms with van der Waals surface area (Å²) < 4.78 is 2.06. The number of piperazine rings is 1. The molecule has 0 bridgehead atoms. The van der Waals surface area contributed by atoms with E-state index in [1.54, 1.807) is 11.3 Å². The van der Waals surface area contributed by atoms with Crippen LogP contribution in [0.2, 0.25) is 0 Å². The van der Waals surface area contributed by atoms with Crippen molar-refractivity contribution in [3.8, 4) is 0 Å². The normalized spacial score (nSPS) is 21.8. The largest absolute Gasteiger partial charge is 0.337 e. The SMILES string of the molecule is Cn1ccnc1CN1CCN(C(=O)c2ccc([C@@H]3CCCN3)s2)CC1. The average Bonchev–Trinajstić information content (AvgIpc) is 3.37. The van der Waals surface area contributed by atoms with E-state index in [0.29, 0.717) is 6.04 Å². The van der Waals surface area contributed by atoms with Crippen LogP contribution in [-0.4, -0.2) is 58.0 Å². The molecule has 2 saturated heterocycles. The van der Waals surface area contributed by atoms with Crippen molar-refractivity contribution < 1.29 is 4.79 Å². The standard InChI is InChI=1S/C18H25N5OS/c1-21-8-7-20-17(21)13-22-9-11-23(12-10-22)18(24)16-5-4-15(25-16)14-3-2-6-19-14/h4-5,7-8,14,19H,2-3,6,9-13H2,1H3/t14-/m0/s1. The van der Waals surface area contributed by atoms with E-state index in [1.165, 1.54) is 17.7 Å². The Morgan fingerprint density at radius 3 is 2.84 bits per heavy atom. The van der Waals surface area contributed by atoms with E-state index in [-0.39, 0.29) is 5.91 Å². The van der Waals surface area contributed by atoms with Gasteiger partial charge in [0.25, 0.3) is 5.91 Å². The molecular formula is C18H25N5OS. The van der Waals surface area contributed by atoms with Crippen molar-refractivity contribution in [2.45, 2.75) is 25.4 Å². The maximum absolute atomic E-state index is 12.8. The maximum atomic E-state index is 12.8. The third kappa shape index (κ3) is 3.63. The number of carbonyl (C=O) groups excluding carboxylic acids is 1. The van der Waals surface area contributed by atoms with Crippen LogP contribution in [0.25, 0.3) is 0 Å². The van der Waals surface area contributed by atoms with Crippen molar-refractivity contribution in [1.82, 2.24) is 24.7 Å². The van der Waals surface area contributed by atoms with Crippen LogP contribution >= 0.6 is 11.3 Å². The fraction of sp³-hybridized carbons (Fsp3) is 0.556. The number of carbonyl (C=O) groups is 1. The molecular weight excluding hydrogens is 334 g/mol. The zero-order valence-corrected chi connectivity index (χ0v) is 15.5. The summed E-state index contributed by atoms with van der Waals surface area (Å²) in [5.74, 6) is 1.26. The molecule has 0 spiro atoms. The summed E-state index contributed by atoms with van der Waals surface area (Å²) >= 11 is 1.66. The monoisotopic (exact) mass is 359 g/mol. The van der Waals surface area contributed by atoms with E-state index in [4.69, 9.17) is 0 Å². The minimum Gasteiger partial charge on any atom is -0.337 e. The number of aromatic nitrogens is 2. The van der Waals surface area contributed by atoms with E-state index in [0.717, 1.165) is 50.0 Å². The van der Waals surface area contributed by atoms with Gasteiger partial charge >= 0.3 is 0 Å². The molecule has 25 heavy (non-hydrogen) atoms. The van der Waals surface area contributed by atoms with Crippen LogP contribution in [0, 0.1) is 0 Å². The van der Waals surface area contributed by atoms with Gasteiger partial charge in [0.1, 0.15) is 5.82 Å². The van der Waals surface area contributed by atoms with Gasteiger partial charge in [0.15, 0.2) is 0 Å². The number of nitrogens with zero attached hydrogens (tertiary/aromatic N) is 4. The molecule has 0 unspecified atom stereocenters. The molecule has 6 nitrogen and oxygen atoms in total. The number of rotatable bonds is 4. The van der Waals surface area contributed by atoms with Crippen molar-refractivity contribution >= 4 is 17.2 Å². The molecule has 2 aliphatic heterocycles. The Labute approximate surface area is 152 Å². The smallest absolute Gasteiger partial charge is 0.264 e. The minimum atomic E-state index is 0.186. The highest BCUT2D eigenvalue weighted by Gasteiger charge is 2.25. The predicted molar refractivity (Wildman–Crippen MR) is 98.7 cm³/mol. The second-order valence-electron chi connectivity index (χ2n) is 6.87. The second kappa shape index (κ2) is 7.27. The summed E-state index contributed by atoms with van der Waals surface area (Å²) in [5, 5.41) is 3.51. The third-order valence-corrected chi connectivity index (χ3v) is 6.37. The van der Waals surface area contributed by atoms with Crippen LogP contribution in [0.1, 0.15) is 39.3 Å². The molecule has 0 radical (unpaired) electrons. The molecule has 1 atom stereocenters. The first kappa shape index (κ1) is 16.8. The lowest BCUT2D eigenvalue weighted by Gasteiger charge is -2.34. The highest BCUT2D eigenvalue weighted by Crippen LogP contribution is 2.30. The third-order valence-electron chi connectivity index (χ3n) is 5.19. The van der Waals surface area contributed by atoms with Crippen LogP contribution in [0.4, 0.5) is 0 Å². The molecule has 1 N–H and O–H groups in total. The molecule has 7 heteroatoms. The minimum absolute atomic E-state index is 0.186. The first-order chi connectivity index (χ1) is 12.2. The molecule has 2 aromatic rings. The zero-order chi connectivity index (χ0) is 17.2. The molecule has 2 fully saturated rings. The highest BCUT2D eigenvalue weighted by molar-refractivity contribution is 7.14. The van der Waals surface area contributed by atoms with E-state index < -0.39 is 0 Å². The van der Waals surface area contributed by atoms with Gasteiger partial charge < -0.3 is 14.8 Å². The summed E-state index contributed by atoms with van der Waals surface area (Å²) in [6.07, 6.45) is 6.22. The summed E-state index contributed by atoms with van der Waals surface area (Å²) in [5.41, 5.74) is 0. The quantitative estimate of drug-likeness (QED) is 0.905. The van der Waals surface area contributed by atoms with Crippen LogP contribution in [0.3, 0.4) is 0 Å². The van der Waals surface area contributed by atoms with Gasteiger partial charge in [0.05, 0.1) is 11.4 Å². The first-order valence-corrected chi connectivity index (χ1v) is 9.83. The average molecular weight is 359 g/mol. The number of amides is 1. The molecule has 0 aliphatic carbocycles. The summed E-state index contributed by atoms with van der Waals surface area (Å²) in [4.78, 5) is 23.7. The Hall–Kier alpha value is -1.70. The Kier molecular flexibility index (Phi) is 4.87. The number of nitrogens with one attached hydrogen (secondary N) is 1. The number of aryl methyl sites for hydroxylation is 1. The van der Waals surface area contributed by atoms with E-state index in [9.17, 15) is 4.79 Å². The highest BCUT2D eigenvalue weighted by atomic mass is 32.1. The van der Waals surface area contributed by atoms with Gasteiger partial charge in [-0.1, -0.05) is 0 Å². The van der Waals surface area contributed by atoms with Gasteiger partial charge in [-0.3, -0.25) is 9.69 Å². The maximum Gasteiger partial charge on any atom is 0.264 e. The van der Waals surface area contributed by atoms with Crippen molar-refractivity contribution in [3.05, 3.63) is 40.1 Å². The number of thiophene rings is 1. The van der Waals surface area contributed by atoms with Gasteiger partial charge in [-0.2, -0.15) is 0 Å². The van der Waals surface area contributed by atoms with Gasteiger partial charge in [-0.05, 0) is 31.5 Å². The first-order valence-electron chi connectivity index (χ1n) is 9.01. The molecule has 0 aromatic carbocycles. The Bertz CT molecular complexity index is 725. The Morgan fingerprint density at radius 2 is 2.16 bits per heavy atom. The van der Waals surface area contributed by atoms with E-state index in [2.05, 4.69) is 25.8 Å². The van der Waals surface area contributed by atoms with Crippen LogP contribution < -0.4 is 5.32 Å². The van der Waals surface area contributed by atoms with Crippen LogP contribution in [0.5, 0.6) is 0 Å². The molecule has 2 aliphatic rings. The predicted octanol–water partition coefficient (Wildman–Crippen LogP) is 1.86. The van der Waals surface area contributed by atoms with Gasteiger partial charge in [0, 0.05) is 56.5 Å². The topological polar surface area (TPSA) is 53.4 Å². The number of hydrogen-bond donors (Lipinski definition) is 1. The summed E-state index contributed by atoms with van der Waals surface area (Å²) in [7, 11) is 2.02. The molecule has 2 aromatic heterocycles. The molecule has 1 amide bonds. The van der Waals surface area contributed by atoms with E-state index in [1.807, 2.05) is 30.4 Å². The lowest BCUT2D eigenvalue weighted by molar-refractivity contribution is 0.0629. The number of imidazole rings is 1. The van der Waals surface area contributed by atoms with Crippen LogP contribution in [-0.2, 0) is 13.6 Å². The van der Waals surface area contributed by atoms with Gasteiger partial charge in [-0.25, -0.2) is 4.98 Å². The number of hydrogen-bond acceptors (Lipinski definition) is 5. The van der Waals surface area contributed by atoms with Crippen molar-refractivity contribution in [2.75, 3.05) is 32.7 Å². The lowest BCUT2D eigenvalue weighted by Crippen LogP contribution is -2.48. The van der Waals surface area contributed by atoms with Crippen molar-refractivity contribution in [1.29, 1.82) is 0 Å². The molecule has 0 saturated carbocycles. The van der Waals surface area contributed by atoms with Crippen molar-refractivity contribution in [2.24, 2.45) is 7.05 Å². The van der Waals surface area contributed by atoms with Gasteiger partial charge in [0.2, 0.25) is 0 Å².